The van der Waals surface area contributed by atoms with Crippen molar-refractivity contribution in [2.24, 2.45) is 17.0 Å². The van der Waals surface area contributed by atoms with Gasteiger partial charge < -0.3 is 20.5 Å². The van der Waals surface area contributed by atoms with E-state index in [9.17, 15) is 14.5 Å². The van der Waals surface area contributed by atoms with Crippen LogP contribution in [0.5, 0.6) is 0 Å². The molecule has 0 heterocycles. The van der Waals surface area contributed by atoms with Gasteiger partial charge in [0, 0.05) is 19.7 Å². The maximum absolute atomic E-state index is 12.5. The van der Waals surface area contributed by atoms with E-state index in [1.54, 1.807) is 13.8 Å². The van der Waals surface area contributed by atoms with Gasteiger partial charge in [0.2, 0.25) is 0 Å². The Labute approximate surface area is 188 Å². The summed E-state index contributed by atoms with van der Waals surface area (Å²) in [5.74, 6) is 0.911. The van der Waals surface area contributed by atoms with Gasteiger partial charge in [0.05, 0.1) is 6.54 Å². The van der Waals surface area contributed by atoms with E-state index >= 15 is 0 Å². The summed E-state index contributed by atoms with van der Waals surface area (Å²) in [5.41, 5.74) is -0.879. The first-order chi connectivity index (χ1) is 14.8. The van der Waals surface area contributed by atoms with E-state index in [2.05, 4.69) is 29.7 Å². The Morgan fingerprint density at radius 1 is 0.935 bits per heavy atom. The van der Waals surface area contributed by atoms with Crippen LogP contribution in [0.25, 0.3) is 0 Å². The molecule has 2 amide bonds. The Morgan fingerprint density at radius 2 is 1.52 bits per heavy atom. The predicted octanol–water partition coefficient (Wildman–Crippen LogP) is 5.11. The monoisotopic (exact) mass is 443 g/mol. The number of carboxylic acid groups (broad SMARTS) is 1. The molecule has 0 radical (unpaired) electrons. The van der Waals surface area contributed by atoms with Gasteiger partial charge in [-0.1, -0.05) is 44.7 Å². The lowest BCUT2D eigenvalue weighted by atomic mass is 9.85. The second-order valence-electron chi connectivity index (χ2n) is 8.88. The van der Waals surface area contributed by atoms with E-state index in [1.807, 2.05) is 0 Å². The third-order valence-electron chi connectivity index (χ3n) is 5.63. The summed E-state index contributed by atoms with van der Waals surface area (Å²) in [4.78, 5) is 33.3. The third kappa shape index (κ3) is 15.7. The zero-order chi connectivity index (χ0) is 23.5. The van der Waals surface area contributed by atoms with E-state index in [-0.39, 0.29) is 5.91 Å². The Bertz CT molecular complexity index is 500. The van der Waals surface area contributed by atoms with Gasteiger partial charge >= 0.3 is 6.09 Å². The lowest BCUT2D eigenvalue weighted by Crippen LogP contribution is -2.45. The van der Waals surface area contributed by atoms with Crippen LogP contribution in [0.1, 0.15) is 91.9 Å². The Balaban J connectivity index is 4.39. The summed E-state index contributed by atoms with van der Waals surface area (Å²) in [6.07, 6.45) is 8.68. The van der Waals surface area contributed by atoms with Crippen LogP contribution in [0.3, 0.4) is 0 Å². The number of nitrogens with zero attached hydrogens (tertiary/aromatic N) is 1. The summed E-state index contributed by atoms with van der Waals surface area (Å²) >= 11 is 0. The van der Waals surface area contributed by atoms with Crippen LogP contribution in [0, 0.1) is 16.7 Å². The van der Waals surface area contributed by atoms with Gasteiger partial charge in [0.25, 0.3) is 5.91 Å². The summed E-state index contributed by atoms with van der Waals surface area (Å²) in [6, 6.07) is 0. The molecule has 3 N–H and O–H groups in total. The first-order valence-corrected chi connectivity index (χ1v) is 11.9. The molecule has 0 saturated carbocycles. The minimum Gasteiger partial charge on any atom is -0.465 e. The number of hydrogen-bond donors (Lipinski definition) is 3. The van der Waals surface area contributed by atoms with Crippen LogP contribution in [0.4, 0.5) is 4.79 Å². The predicted molar refractivity (Wildman–Crippen MR) is 124 cm³/mol. The average molecular weight is 444 g/mol. The highest BCUT2D eigenvalue weighted by Gasteiger charge is 2.28. The molecule has 0 aliphatic rings. The number of amides is 2. The molecular weight excluding hydrogens is 398 g/mol. The molecule has 0 fully saturated rings. The zero-order valence-electron chi connectivity index (χ0n) is 20.1. The number of carbonyl (C=O) groups is 2. The number of hydrogen-bond acceptors (Lipinski definition) is 5. The Kier molecular flexibility index (Phi) is 16.9. The molecule has 31 heavy (non-hydrogen) atoms. The second-order valence-corrected chi connectivity index (χ2v) is 8.88. The normalized spacial score (nSPS) is 13.4. The number of ether oxygens (including phenoxy) is 1. The molecule has 2 unspecified atom stereocenters. The van der Waals surface area contributed by atoms with Crippen LogP contribution in [0.2, 0.25) is 0 Å². The van der Waals surface area contributed by atoms with Crippen LogP contribution in [-0.4, -0.2) is 48.9 Å². The maximum atomic E-state index is 12.5. The molecule has 0 aliphatic carbocycles. The van der Waals surface area contributed by atoms with E-state index < -0.39 is 11.7 Å². The molecule has 8 nitrogen and oxygen atoms in total. The van der Waals surface area contributed by atoms with Gasteiger partial charge in [-0.2, -0.15) is 4.91 Å². The lowest BCUT2D eigenvalue weighted by Gasteiger charge is -2.26. The molecule has 0 aromatic heterocycles. The molecule has 0 aliphatic heterocycles. The number of nitrogens with one attached hydrogen (secondary N) is 2. The van der Waals surface area contributed by atoms with Gasteiger partial charge in [-0.3, -0.25) is 4.79 Å². The first kappa shape index (κ1) is 29.3. The zero-order valence-corrected chi connectivity index (χ0v) is 20.1. The Morgan fingerprint density at radius 3 is 2.03 bits per heavy atom. The maximum Gasteiger partial charge on any atom is 0.404 e. The molecule has 0 rings (SSSR count). The van der Waals surface area contributed by atoms with Crippen molar-refractivity contribution >= 4 is 12.0 Å². The fourth-order valence-electron chi connectivity index (χ4n) is 3.88. The molecule has 0 aromatic rings. The van der Waals surface area contributed by atoms with E-state index in [4.69, 9.17) is 9.84 Å². The largest absolute Gasteiger partial charge is 0.465 e. The second kappa shape index (κ2) is 17.9. The van der Waals surface area contributed by atoms with Gasteiger partial charge in [-0.05, 0) is 64.2 Å². The van der Waals surface area contributed by atoms with Gasteiger partial charge in [-0.25, -0.2) is 4.79 Å². The van der Waals surface area contributed by atoms with Crippen molar-refractivity contribution in [3.8, 4) is 0 Å². The van der Waals surface area contributed by atoms with Crippen LogP contribution < -0.4 is 10.6 Å². The van der Waals surface area contributed by atoms with Crippen molar-refractivity contribution in [1.82, 2.24) is 10.6 Å². The summed E-state index contributed by atoms with van der Waals surface area (Å²) in [5, 5.41) is 17.1. The van der Waals surface area contributed by atoms with E-state index in [0.29, 0.717) is 38.1 Å². The lowest BCUT2D eigenvalue weighted by molar-refractivity contribution is -0.143. The average Bonchev–Trinajstić information content (AvgIpc) is 2.70. The molecule has 8 heteroatoms. The standard InChI is InChI=1S/C23H45N3O5/c1-5-10-19(18-20(11-6-2)13-16-25-22(28)29)12-15-24-21(27)23(3,4)31-17-9-7-8-14-26-30/h19-20,25H,5-18H2,1-4H3,(H,24,27)(H,28,29). The molecule has 0 bridgehead atoms. The number of unbranched alkanes of at least 4 members (excludes halogenated alkanes) is 2. The van der Waals surface area contributed by atoms with Crippen molar-refractivity contribution in [2.75, 3.05) is 26.2 Å². The Hall–Kier alpha value is -1.70. The van der Waals surface area contributed by atoms with E-state index in [0.717, 1.165) is 64.2 Å². The first-order valence-electron chi connectivity index (χ1n) is 11.9. The van der Waals surface area contributed by atoms with Crippen molar-refractivity contribution in [1.29, 1.82) is 0 Å². The highest BCUT2D eigenvalue weighted by Crippen LogP contribution is 2.26. The minimum atomic E-state index is -0.967. The van der Waals surface area contributed by atoms with Crippen LogP contribution in [-0.2, 0) is 9.53 Å². The van der Waals surface area contributed by atoms with Crippen molar-refractivity contribution < 1.29 is 19.4 Å². The summed E-state index contributed by atoms with van der Waals surface area (Å²) < 4.78 is 5.76. The topological polar surface area (TPSA) is 117 Å². The van der Waals surface area contributed by atoms with Crippen LogP contribution >= 0.6 is 0 Å². The third-order valence-corrected chi connectivity index (χ3v) is 5.63. The molecular formula is C23H45N3O5. The number of carbonyl (C=O) groups excluding carboxylic acids is 1. The van der Waals surface area contributed by atoms with Crippen molar-refractivity contribution in [2.45, 2.75) is 97.5 Å². The van der Waals surface area contributed by atoms with Gasteiger partial charge in [0.15, 0.2) is 0 Å². The van der Waals surface area contributed by atoms with Gasteiger partial charge in [0.1, 0.15) is 5.60 Å². The molecule has 0 spiro atoms. The van der Waals surface area contributed by atoms with Crippen molar-refractivity contribution in [3.63, 3.8) is 0 Å². The van der Waals surface area contributed by atoms with Crippen LogP contribution in [0.15, 0.2) is 5.18 Å². The van der Waals surface area contributed by atoms with Crippen molar-refractivity contribution in [3.05, 3.63) is 4.91 Å². The molecule has 0 saturated heterocycles. The fraction of sp³-hybridized carbons (Fsp3) is 0.913. The highest BCUT2D eigenvalue weighted by molar-refractivity contribution is 5.84. The quantitative estimate of drug-likeness (QED) is 0.179. The SMILES string of the molecule is CCCC(CCNC(=O)O)CC(CCC)CCNC(=O)C(C)(C)OCCCCCN=O. The summed E-state index contributed by atoms with van der Waals surface area (Å²) in [6.45, 7) is 9.83. The number of rotatable bonds is 20. The molecule has 182 valence electrons. The van der Waals surface area contributed by atoms with Gasteiger partial charge in [-0.15, -0.1) is 0 Å². The van der Waals surface area contributed by atoms with E-state index in [1.165, 1.54) is 0 Å². The fourth-order valence-corrected chi connectivity index (χ4v) is 3.88. The number of nitroso groups, excluding NO2 is 1. The summed E-state index contributed by atoms with van der Waals surface area (Å²) in [7, 11) is 0. The minimum absolute atomic E-state index is 0.104. The molecule has 2 atom stereocenters. The smallest absolute Gasteiger partial charge is 0.404 e. The molecule has 0 aromatic carbocycles. The highest BCUT2D eigenvalue weighted by atomic mass is 16.5.